The minimum Gasteiger partial charge on any atom is -0.488 e. The van der Waals surface area contributed by atoms with Crippen LogP contribution in [-0.4, -0.2) is 0 Å². The smallest absolute Gasteiger partial charge is 0.134 e. The van der Waals surface area contributed by atoms with Crippen LogP contribution in [0, 0.1) is 19.7 Å². The number of hydrogen-bond acceptors (Lipinski definition) is 1. The average molecular weight is 309 g/mol. The Balaban J connectivity index is 2.13. The standard InChI is InChI=1S/C15H14BrFO/c1-10-3-6-15(14(16)7-10)18-9-12-8-13(17)5-4-11(12)2/h3-8H,9H2,1-2H3. The van der Waals surface area contributed by atoms with Crippen LogP contribution in [0.1, 0.15) is 16.7 Å². The van der Waals surface area contributed by atoms with Crippen LogP contribution < -0.4 is 4.74 Å². The molecule has 2 rings (SSSR count). The van der Waals surface area contributed by atoms with Crippen LogP contribution in [0.15, 0.2) is 40.9 Å². The second-order valence-corrected chi connectivity index (χ2v) is 5.15. The van der Waals surface area contributed by atoms with Gasteiger partial charge in [0.2, 0.25) is 0 Å². The molecule has 2 aromatic carbocycles. The predicted octanol–water partition coefficient (Wildman–Crippen LogP) is 4.78. The van der Waals surface area contributed by atoms with Crippen LogP contribution in [0.4, 0.5) is 4.39 Å². The fourth-order valence-corrected chi connectivity index (χ4v) is 2.28. The van der Waals surface area contributed by atoms with Crippen molar-refractivity contribution in [3.05, 3.63) is 63.4 Å². The number of benzene rings is 2. The molecule has 0 aliphatic rings. The summed E-state index contributed by atoms with van der Waals surface area (Å²) in [6.07, 6.45) is 0. The molecule has 18 heavy (non-hydrogen) atoms. The summed E-state index contributed by atoms with van der Waals surface area (Å²) in [7, 11) is 0. The lowest BCUT2D eigenvalue weighted by Gasteiger charge is -2.10. The monoisotopic (exact) mass is 308 g/mol. The molecule has 0 atom stereocenters. The van der Waals surface area contributed by atoms with E-state index in [1.807, 2.05) is 32.0 Å². The molecule has 2 aromatic rings. The molecular formula is C15H14BrFO. The second kappa shape index (κ2) is 5.53. The molecule has 0 unspecified atom stereocenters. The molecule has 0 bridgehead atoms. The number of aryl methyl sites for hydroxylation is 2. The highest BCUT2D eigenvalue weighted by molar-refractivity contribution is 9.10. The Bertz CT molecular complexity index is 566. The molecule has 0 saturated carbocycles. The van der Waals surface area contributed by atoms with Gasteiger partial charge in [-0.2, -0.15) is 0 Å². The Kier molecular flexibility index (Phi) is 4.02. The molecule has 0 amide bonds. The lowest BCUT2D eigenvalue weighted by molar-refractivity contribution is 0.303. The van der Waals surface area contributed by atoms with Crippen LogP contribution in [0.5, 0.6) is 5.75 Å². The quantitative estimate of drug-likeness (QED) is 0.792. The third-order valence-electron chi connectivity index (χ3n) is 2.78. The van der Waals surface area contributed by atoms with Crippen molar-refractivity contribution in [1.29, 1.82) is 0 Å². The summed E-state index contributed by atoms with van der Waals surface area (Å²) in [4.78, 5) is 0. The first-order valence-corrected chi connectivity index (χ1v) is 6.49. The zero-order valence-corrected chi connectivity index (χ0v) is 11.9. The van der Waals surface area contributed by atoms with Crippen molar-refractivity contribution in [1.82, 2.24) is 0 Å². The Morgan fingerprint density at radius 1 is 1.11 bits per heavy atom. The maximum atomic E-state index is 13.1. The van der Waals surface area contributed by atoms with E-state index in [2.05, 4.69) is 15.9 Å². The van der Waals surface area contributed by atoms with Crippen molar-refractivity contribution in [2.45, 2.75) is 20.5 Å². The lowest BCUT2D eigenvalue weighted by atomic mass is 10.1. The van der Waals surface area contributed by atoms with Crippen molar-refractivity contribution in [3.8, 4) is 5.75 Å². The van der Waals surface area contributed by atoms with Gasteiger partial charge in [0.25, 0.3) is 0 Å². The zero-order valence-electron chi connectivity index (χ0n) is 10.3. The van der Waals surface area contributed by atoms with Crippen LogP contribution in [-0.2, 0) is 6.61 Å². The Labute approximate surface area is 115 Å². The molecule has 0 heterocycles. The Morgan fingerprint density at radius 3 is 2.61 bits per heavy atom. The summed E-state index contributed by atoms with van der Waals surface area (Å²) in [6.45, 7) is 4.33. The fraction of sp³-hybridized carbons (Fsp3) is 0.200. The first-order chi connectivity index (χ1) is 8.56. The largest absolute Gasteiger partial charge is 0.488 e. The molecule has 0 saturated heterocycles. The molecule has 0 fully saturated rings. The van der Waals surface area contributed by atoms with E-state index in [1.165, 1.54) is 12.1 Å². The van der Waals surface area contributed by atoms with Gasteiger partial charge in [0.05, 0.1) is 4.47 Å². The predicted molar refractivity (Wildman–Crippen MR) is 74.3 cm³/mol. The summed E-state index contributed by atoms with van der Waals surface area (Å²) >= 11 is 3.45. The van der Waals surface area contributed by atoms with Crippen molar-refractivity contribution < 1.29 is 9.13 Å². The second-order valence-electron chi connectivity index (χ2n) is 4.29. The van der Waals surface area contributed by atoms with E-state index in [4.69, 9.17) is 4.74 Å². The summed E-state index contributed by atoms with van der Waals surface area (Å²) in [6, 6.07) is 10.6. The van der Waals surface area contributed by atoms with Crippen LogP contribution >= 0.6 is 15.9 Å². The molecule has 94 valence electrons. The number of rotatable bonds is 3. The molecule has 3 heteroatoms. The first-order valence-electron chi connectivity index (χ1n) is 5.70. The number of hydrogen-bond donors (Lipinski definition) is 0. The van der Waals surface area contributed by atoms with E-state index in [9.17, 15) is 4.39 Å². The van der Waals surface area contributed by atoms with E-state index in [1.54, 1.807) is 6.07 Å². The van der Waals surface area contributed by atoms with Crippen LogP contribution in [0.2, 0.25) is 0 Å². The highest BCUT2D eigenvalue weighted by Gasteiger charge is 2.04. The maximum absolute atomic E-state index is 13.1. The summed E-state index contributed by atoms with van der Waals surface area (Å²) in [5.41, 5.74) is 3.05. The number of halogens is 2. The molecule has 0 radical (unpaired) electrons. The van der Waals surface area contributed by atoms with Crippen LogP contribution in [0.3, 0.4) is 0 Å². The molecule has 1 nitrogen and oxygen atoms in total. The van der Waals surface area contributed by atoms with Gasteiger partial charge >= 0.3 is 0 Å². The molecule has 0 aliphatic heterocycles. The molecule has 0 aromatic heterocycles. The lowest BCUT2D eigenvalue weighted by Crippen LogP contribution is -1.99. The topological polar surface area (TPSA) is 9.23 Å². The minimum atomic E-state index is -0.234. The Morgan fingerprint density at radius 2 is 1.89 bits per heavy atom. The van der Waals surface area contributed by atoms with Gasteiger partial charge in [-0.3, -0.25) is 0 Å². The summed E-state index contributed by atoms with van der Waals surface area (Å²) in [5.74, 6) is 0.534. The van der Waals surface area contributed by atoms with Crippen molar-refractivity contribution >= 4 is 15.9 Å². The highest BCUT2D eigenvalue weighted by atomic mass is 79.9. The number of ether oxygens (including phenoxy) is 1. The first kappa shape index (κ1) is 13.1. The van der Waals surface area contributed by atoms with Crippen molar-refractivity contribution in [2.75, 3.05) is 0 Å². The van der Waals surface area contributed by atoms with E-state index < -0.39 is 0 Å². The van der Waals surface area contributed by atoms with Gasteiger partial charge in [-0.1, -0.05) is 12.1 Å². The van der Waals surface area contributed by atoms with E-state index in [0.717, 1.165) is 26.9 Å². The van der Waals surface area contributed by atoms with E-state index in [0.29, 0.717) is 6.61 Å². The van der Waals surface area contributed by atoms with E-state index >= 15 is 0 Å². The van der Waals surface area contributed by atoms with Gasteiger partial charge in [0.1, 0.15) is 18.2 Å². The van der Waals surface area contributed by atoms with Gasteiger partial charge in [-0.15, -0.1) is 0 Å². The third-order valence-corrected chi connectivity index (χ3v) is 3.40. The Hall–Kier alpha value is -1.35. The van der Waals surface area contributed by atoms with Gasteiger partial charge < -0.3 is 4.74 Å². The SMILES string of the molecule is Cc1ccc(OCc2cc(F)ccc2C)c(Br)c1. The van der Waals surface area contributed by atoms with Gasteiger partial charge in [-0.25, -0.2) is 4.39 Å². The molecule has 0 aliphatic carbocycles. The van der Waals surface area contributed by atoms with Gasteiger partial charge in [0.15, 0.2) is 0 Å². The summed E-state index contributed by atoms with van der Waals surface area (Å²) in [5, 5.41) is 0. The fourth-order valence-electron chi connectivity index (χ4n) is 1.67. The van der Waals surface area contributed by atoms with Crippen molar-refractivity contribution in [3.63, 3.8) is 0 Å². The van der Waals surface area contributed by atoms with E-state index in [-0.39, 0.29) is 5.82 Å². The maximum Gasteiger partial charge on any atom is 0.134 e. The molecule has 0 N–H and O–H groups in total. The third kappa shape index (κ3) is 3.10. The normalized spacial score (nSPS) is 10.4. The van der Waals surface area contributed by atoms with Crippen molar-refractivity contribution in [2.24, 2.45) is 0 Å². The van der Waals surface area contributed by atoms with Crippen LogP contribution in [0.25, 0.3) is 0 Å². The highest BCUT2D eigenvalue weighted by Crippen LogP contribution is 2.26. The average Bonchev–Trinajstić information content (AvgIpc) is 2.32. The van der Waals surface area contributed by atoms with Gasteiger partial charge in [-0.05, 0) is 70.7 Å². The summed E-state index contributed by atoms with van der Waals surface area (Å²) < 4.78 is 19.8. The zero-order chi connectivity index (χ0) is 13.1. The molecular weight excluding hydrogens is 295 g/mol. The minimum absolute atomic E-state index is 0.234. The van der Waals surface area contributed by atoms with Gasteiger partial charge in [0, 0.05) is 0 Å². The molecule has 0 spiro atoms.